The van der Waals surface area contributed by atoms with Gasteiger partial charge < -0.3 is 9.47 Å². The van der Waals surface area contributed by atoms with Crippen molar-refractivity contribution < 1.29 is 19.1 Å². The van der Waals surface area contributed by atoms with Crippen molar-refractivity contribution in [2.45, 2.75) is 25.7 Å². The van der Waals surface area contributed by atoms with Crippen LogP contribution in [0.2, 0.25) is 0 Å². The van der Waals surface area contributed by atoms with Crippen molar-refractivity contribution in [3.8, 4) is 0 Å². The first kappa shape index (κ1) is 14.3. The van der Waals surface area contributed by atoms with Crippen LogP contribution in [0.4, 0.5) is 0 Å². The van der Waals surface area contributed by atoms with Crippen LogP contribution in [-0.4, -0.2) is 50.7 Å². The van der Waals surface area contributed by atoms with Crippen molar-refractivity contribution in [3.63, 3.8) is 0 Å². The maximum absolute atomic E-state index is 11.0. The number of aliphatic imine (C=N–C) groups is 2. The molecule has 18 heavy (non-hydrogen) atoms. The van der Waals surface area contributed by atoms with E-state index in [1.165, 1.54) is 14.2 Å². The number of carbonyl (C=O) groups is 2. The van der Waals surface area contributed by atoms with Gasteiger partial charge in [0, 0.05) is 11.4 Å². The second-order valence-electron chi connectivity index (χ2n) is 3.92. The van der Waals surface area contributed by atoms with Gasteiger partial charge in [0.05, 0.1) is 40.2 Å². The maximum atomic E-state index is 11.0. The number of ether oxygens (including phenoxy) is 2. The van der Waals surface area contributed by atoms with Crippen LogP contribution in [0.15, 0.2) is 9.98 Å². The van der Waals surface area contributed by atoms with Gasteiger partial charge in [-0.25, -0.2) is 0 Å². The first-order valence-electron chi connectivity index (χ1n) is 5.83. The zero-order chi connectivity index (χ0) is 13.4. The maximum Gasteiger partial charge on any atom is 0.305 e. The Morgan fingerprint density at radius 3 is 1.61 bits per heavy atom. The fraction of sp³-hybridized carbons (Fsp3) is 0.667. The van der Waals surface area contributed by atoms with Gasteiger partial charge in [0.1, 0.15) is 0 Å². The van der Waals surface area contributed by atoms with Gasteiger partial charge in [-0.15, -0.1) is 0 Å². The van der Waals surface area contributed by atoms with Crippen molar-refractivity contribution in [1.29, 1.82) is 0 Å². The van der Waals surface area contributed by atoms with E-state index in [1.807, 2.05) is 0 Å². The highest BCUT2D eigenvalue weighted by molar-refractivity contribution is 5.98. The summed E-state index contributed by atoms with van der Waals surface area (Å²) in [5, 5.41) is 0. The van der Waals surface area contributed by atoms with Crippen LogP contribution < -0.4 is 0 Å². The molecular weight excluding hydrogens is 236 g/mol. The van der Waals surface area contributed by atoms with Gasteiger partial charge in [-0.1, -0.05) is 0 Å². The average molecular weight is 254 g/mol. The van der Waals surface area contributed by atoms with E-state index in [9.17, 15) is 9.59 Å². The topological polar surface area (TPSA) is 77.3 Å². The van der Waals surface area contributed by atoms with Crippen molar-refractivity contribution in [2.75, 3.05) is 27.3 Å². The predicted molar refractivity (Wildman–Crippen MR) is 67.1 cm³/mol. The largest absolute Gasteiger partial charge is 0.469 e. The summed E-state index contributed by atoms with van der Waals surface area (Å²) in [5.74, 6) is -0.476. The zero-order valence-corrected chi connectivity index (χ0v) is 10.8. The minimum Gasteiger partial charge on any atom is -0.469 e. The second kappa shape index (κ2) is 7.58. The van der Waals surface area contributed by atoms with Gasteiger partial charge in [0.15, 0.2) is 0 Å². The molecule has 0 amide bonds. The lowest BCUT2D eigenvalue weighted by atomic mass is 10.1. The SMILES string of the molecule is COC(=O)CCC1=NCC(CCC(=O)OC)=NC1. The summed E-state index contributed by atoms with van der Waals surface area (Å²) in [6.07, 6.45) is 1.84. The smallest absolute Gasteiger partial charge is 0.305 e. The fourth-order valence-electron chi connectivity index (χ4n) is 1.52. The molecule has 0 aliphatic carbocycles. The summed E-state index contributed by atoms with van der Waals surface area (Å²) >= 11 is 0. The molecule has 0 aromatic heterocycles. The lowest BCUT2D eigenvalue weighted by Gasteiger charge is -2.12. The third kappa shape index (κ3) is 5.07. The molecule has 0 bridgehead atoms. The van der Waals surface area contributed by atoms with E-state index in [2.05, 4.69) is 19.5 Å². The molecule has 1 heterocycles. The molecule has 1 aliphatic heterocycles. The highest BCUT2D eigenvalue weighted by Gasteiger charge is 2.11. The second-order valence-corrected chi connectivity index (χ2v) is 3.92. The van der Waals surface area contributed by atoms with Crippen molar-refractivity contribution >= 4 is 23.4 Å². The van der Waals surface area contributed by atoms with Gasteiger partial charge in [0.2, 0.25) is 0 Å². The Kier molecular flexibility index (Phi) is 6.04. The molecule has 0 aromatic rings. The molecule has 0 saturated carbocycles. The monoisotopic (exact) mass is 254 g/mol. The van der Waals surface area contributed by atoms with Gasteiger partial charge in [0.25, 0.3) is 0 Å². The Hall–Kier alpha value is -1.72. The molecule has 0 fully saturated rings. The van der Waals surface area contributed by atoms with Crippen molar-refractivity contribution in [3.05, 3.63) is 0 Å². The van der Waals surface area contributed by atoms with Crippen LogP contribution in [0.3, 0.4) is 0 Å². The Labute approximate surface area is 106 Å². The fourth-order valence-corrected chi connectivity index (χ4v) is 1.52. The molecule has 0 unspecified atom stereocenters. The summed E-state index contributed by atoms with van der Waals surface area (Å²) < 4.78 is 9.12. The van der Waals surface area contributed by atoms with Crippen LogP contribution in [-0.2, 0) is 19.1 Å². The third-order valence-corrected chi connectivity index (χ3v) is 2.66. The summed E-state index contributed by atoms with van der Waals surface area (Å²) in [6, 6.07) is 0. The van der Waals surface area contributed by atoms with E-state index in [1.54, 1.807) is 0 Å². The molecule has 0 radical (unpaired) electrons. The summed E-state index contributed by atoms with van der Waals surface area (Å²) in [5.41, 5.74) is 1.81. The van der Waals surface area contributed by atoms with Crippen LogP contribution in [0.25, 0.3) is 0 Å². The van der Waals surface area contributed by atoms with Gasteiger partial charge in [-0.3, -0.25) is 19.6 Å². The number of carbonyl (C=O) groups excluding carboxylic acids is 2. The minimum atomic E-state index is -0.238. The van der Waals surface area contributed by atoms with Crippen molar-refractivity contribution in [1.82, 2.24) is 0 Å². The predicted octanol–water partition coefficient (Wildman–Crippen LogP) is 0.788. The van der Waals surface area contributed by atoms with E-state index in [4.69, 9.17) is 0 Å². The molecular formula is C12H18N2O4. The zero-order valence-electron chi connectivity index (χ0n) is 10.8. The lowest BCUT2D eigenvalue weighted by Crippen LogP contribution is -2.19. The van der Waals surface area contributed by atoms with E-state index >= 15 is 0 Å². The highest BCUT2D eigenvalue weighted by Crippen LogP contribution is 2.05. The first-order valence-corrected chi connectivity index (χ1v) is 5.83. The van der Waals surface area contributed by atoms with E-state index in [0.717, 1.165) is 11.4 Å². The quantitative estimate of drug-likeness (QED) is 0.656. The molecule has 100 valence electrons. The molecule has 1 rings (SSSR count). The van der Waals surface area contributed by atoms with Crippen LogP contribution in [0, 0.1) is 0 Å². The Bertz CT molecular complexity index is 338. The molecule has 6 nitrogen and oxygen atoms in total. The molecule has 0 saturated heterocycles. The van der Waals surface area contributed by atoms with Crippen LogP contribution in [0.1, 0.15) is 25.7 Å². The molecule has 0 spiro atoms. The number of esters is 2. The highest BCUT2D eigenvalue weighted by atomic mass is 16.5. The number of rotatable bonds is 6. The summed E-state index contributed by atoms with van der Waals surface area (Å²) in [6.45, 7) is 1.01. The standard InChI is InChI=1S/C12H18N2O4/c1-17-11(15)5-3-9-7-14-10(8-13-9)4-6-12(16)18-2/h3-8H2,1-2H3. The first-order chi connectivity index (χ1) is 8.65. The Balaban J connectivity index is 2.26. The van der Waals surface area contributed by atoms with Crippen LogP contribution >= 0.6 is 0 Å². The summed E-state index contributed by atoms with van der Waals surface area (Å²) in [7, 11) is 2.74. The number of nitrogens with zero attached hydrogens (tertiary/aromatic N) is 2. The van der Waals surface area contributed by atoms with Gasteiger partial charge >= 0.3 is 11.9 Å². The molecule has 1 aliphatic rings. The lowest BCUT2D eigenvalue weighted by molar-refractivity contribution is -0.141. The Morgan fingerprint density at radius 2 is 1.33 bits per heavy atom. The van der Waals surface area contributed by atoms with Crippen molar-refractivity contribution in [2.24, 2.45) is 9.98 Å². The van der Waals surface area contributed by atoms with Gasteiger partial charge in [-0.05, 0) is 12.8 Å². The number of hydrogen-bond acceptors (Lipinski definition) is 6. The van der Waals surface area contributed by atoms with E-state index in [-0.39, 0.29) is 11.9 Å². The average Bonchev–Trinajstić information content (AvgIpc) is 2.43. The number of hydrogen-bond donors (Lipinski definition) is 0. The number of methoxy groups -OCH3 is 2. The summed E-state index contributed by atoms with van der Waals surface area (Å²) in [4.78, 5) is 30.6. The minimum absolute atomic E-state index is 0.238. The Morgan fingerprint density at radius 1 is 0.944 bits per heavy atom. The van der Waals surface area contributed by atoms with E-state index in [0.29, 0.717) is 38.8 Å². The molecule has 0 atom stereocenters. The van der Waals surface area contributed by atoms with Gasteiger partial charge in [-0.2, -0.15) is 0 Å². The van der Waals surface area contributed by atoms with E-state index < -0.39 is 0 Å². The van der Waals surface area contributed by atoms with Crippen LogP contribution in [0.5, 0.6) is 0 Å². The normalized spacial score (nSPS) is 14.6. The molecule has 0 aromatic carbocycles. The molecule has 0 N–H and O–H groups in total. The third-order valence-electron chi connectivity index (χ3n) is 2.66. The molecule has 6 heteroatoms.